The Kier molecular flexibility index (Phi) is 22.8. The third-order valence-corrected chi connectivity index (χ3v) is 11.9. The molecule has 0 spiro atoms. The lowest BCUT2D eigenvalue weighted by atomic mass is 9.82. The fourth-order valence-electron chi connectivity index (χ4n) is 8.99. The first kappa shape index (κ1) is 55.7. The number of anilines is 1. The summed E-state index contributed by atoms with van der Waals surface area (Å²) in [7, 11) is 0. The van der Waals surface area contributed by atoms with Crippen molar-refractivity contribution < 1.29 is 0 Å². The van der Waals surface area contributed by atoms with Gasteiger partial charge in [0.1, 0.15) is 0 Å². The molecule has 68 heavy (non-hydrogen) atoms. The molecule has 0 radical (unpaired) electrons. The van der Waals surface area contributed by atoms with Gasteiger partial charge in [-0.05, 0) is 139 Å². The van der Waals surface area contributed by atoms with Crippen molar-refractivity contribution in [2.24, 2.45) is 0 Å². The minimum absolute atomic E-state index is 0.0835. The summed E-state index contributed by atoms with van der Waals surface area (Å²) in [6.07, 6.45) is 25.7. The Balaban J connectivity index is 0.000000856. The largest absolute Gasteiger partial charge is 0.317 e. The number of benzene rings is 5. The molecule has 6 aromatic rings. The summed E-state index contributed by atoms with van der Waals surface area (Å²) in [5.41, 5.74) is 18.5. The minimum atomic E-state index is -0.0835. The molecule has 8 rings (SSSR count). The number of aromatic nitrogens is 1. The standard InChI is InChI=1S/C53H50N2.C5H8.4C2H6/c1-8-17-36(5)44-32-39(26-30-50(44)54(11-4)41(18-9-2)19-10-3)40-27-31-51-46(33-40)47-34-45-43-22-15-16-23-48(43)53(6,7)49(45)35-52(47)55(51)42-28-24-38(25-29-42)37-20-13-12-14-21-37;1-3-5-4-2;4*1-2/h8-9,11-24,26-28,30-35H,4-5,10,25,29H2,1-3,6-7H3;3-5H,1H2,2H3;4*1-2H3/b17-8-,18-9-,41-19+;5-4-;;;;. The van der Waals surface area contributed by atoms with Gasteiger partial charge in [0.05, 0.1) is 16.7 Å². The summed E-state index contributed by atoms with van der Waals surface area (Å²) in [5.74, 6) is 0. The highest BCUT2D eigenvalue weighted by Gasteiger charge is 2.36. The van der Waals surface area contributed by atoms with E-state index in [2.05, 4.69) is 203 Å². The highest BCUT2D eigenvalue weighted by molar-refractivity contribution is 6.13. The number of rotatable bonds is 11. The van der Waals surface area contributed by atoms with Crippen molar-refractivity contribution in [1.82, 2.24) is 4.57 Å². The van der Waals surface area contributed by atoms with E-state index in [1.165, 1.54) is 66.5 Å². The average molecular weight is 903 g/mol. The summed E-state index contributed by atoms with van der Waals surface area (Å²) < 4.78 is 2.54. The normalized spacial score (nSPS) is 13.2. The van der Waals surface area contributed by atoms with Crippen LogP contribution in [0, 0.1) is 0 Å². The van der Waals surface area contributed by atoms with Crippen LogP contribution >= 0.6 is 0 Å². The van der Waals surface area contributed by atoms with E-state index in [0.717, 1.165) is 47.3 Å². The van der Waals surface area contributed by atoms with Crippen LogP contribution in [0.3, 0.4) is 0 Å². The summed E-state index contributed by atoms with van der Waals surface area (Å²) in [6, 6.07) is 38.5. The van der Waals surface area contributed by atoms with Gasteiger partial charge in [-0.15, -0.1) is 0 Å². The quantitative estimate of drug-likeness (QED) is 0.118. The Morgan fingerprint density at radius 1 is 0.632 bits per heavy atom. The fraction of sp³-hybridized carbons (Fsp3) is 0.273. The van der Waals surface area contributed by atoms with Gasteiger partial charge in [-0.3, -0.25) is 0 Å². The molecule has 5 aromatic carbocycles. The Hall–Kier alpha value is -6.64. The molecule has 0 saturated carbocycles. The summed E-state index contributed by atoms with van der Waals surface area (Å²) in [4.78, 5) is 2.17. The summed E-state index contributed by atoms with van der Waals surface area (Å²) in [6.45, 7) is 41.2. The molecule has 0 unspecified atom stereocenters. The molecule has 2 aliphatic carbocycles. The van der Waals surface area contributed by atoms with Crippen LogP contribution in [-0.4, -0.2) is 4.57 Å². The maximum absolute atomic E-state index is 4.51. The third-order valence-electron chi connectivity index (χ3n) is 11.9. The van der Waals surface area contributed by atoms with Crippen LogP contribution in [0.2, 0.25) is 0 Å². The SMILES string of the molecule is C=C/C=C\C.C=CN(C(/C=C\C)=C/CC)c1ccc(-c2ccc3c(c2)c2cc4c(cc2n3C2=CC=C(c3ccccc3)CC2)C(C)(C)c2ccccc2-4)cc1C(=C)/C=C\C.CC.CC.CC.CC. The topological polar surface area (TPSA) is 8.17 Å². The number of allylic oxidation sites excluding steroid dienone is 13. The Bertz CT molecular complexity index is 2790. The van der Waals surface area contributed by atoms with Crippen molar-refractivity contribution in [1.29, 1.82) is 0 Å². The predicted molar refractivity (Wildman–Crippen MR) is 310 cm³/mol. The number of nitrogens with zero attached hydrogens (tertiary/aromatic N) is 2. The highest BCUT2D eigenvalue weighted by Crippen LogP contribution is 2.51. The lowest BCUT2D eigenvalue weighted by Gasteiger charge is -2.25. The van der Waals surface area contributed by atoms with Crippen molar-refractivity contribution >= 4 is 44.3 Å². The molecule has 0 amide bonds. The van der Waals surface area contributed by atoms with Gasteiger partial charge in [-0.1, -0.05) is 211 Å². The highest BCUT2D eigenvalue weighted by atomic mass is 15.1. The molecule has 356 valence electrons. The Morgan fingerprint density at radius 3 is 1.85 bits per heavy atom. The molecule has 2 nitrogen and oxygen atoms in total. The van der Waals surface area contributed by atoms with E-state index in [4.69, 9.17) is 0 Å². The van der Waals surface area contributed by atoms with Gasteiger partial charge >= 0.3 is 0 Å². The van der Waals surface area contributed by atoms with E-state index >= 15 is 0 Å². The van der Waals surface area contributed by atoms with Crippen molar-refractivity contribution in [3.8, 4) is 22.3 Å². The van der Waals surface area contributed by atoms with E-state index in [1.807, 2.05) is 87.6 Å². The van der Waals surface area contributed by atoms with Crippen LogP contribution in [0.5, 0.6) is 0 Å². The first-order chi connectivity index (χ1) is 33.2. The first-order valence-corrected chi connectivity index (χ1v) is 25.3. The molecule has 0 atom stereocenters. The van der Waals surface area contributed by atoms with Gasteiger partial charge in [0.2, 0.25) is 0 Å². The Morgan fingerprint density at radius 2 is 1.26 bits per heavy atom. The monoisotopic (exact) mass is 903 g/mol. The van der Waals surface area contributed by atoms with Gasteiger partial charge in [-0.2, -0.15) is 0 Å². The van der Waals surface area contributed by atoms with Crippen LogP contribution in [0.25, 0.3) is 60.9 Å². The molecule has 2 aliphatic rings. The van der Waals surface area contributed by atoms with E-state index < -0.39 is 0 Å². The molecule has 2 heteroatoms. The molecule has 0 bridgehead atoms. The molecule has 0 aliphatic heterocycles. The number of fused-ring (bicyclic) bond motifs is 6. The molecular weight excluding hydrogens is 821 g/mol. The molecule has 1 aromatic heterocycles. The van der Waals surface area contributed by atoms with Crippen molar-refractivity contribution in [3.63, 3.8) is 0 Å². The second-order valence-electron chi connectivity index (χ2n) is 16.0. The van der Waals surface area contributed by atoms with Crippen LogP contribution in [0.4, 0.5) is 5.69 Å². The predicted octanol–water partition coefficient (Wildman–Crippen LogP) is 20.7. The summed E-state index contributed by atoms with van der Waals surface area (Å²) in [5, 5.41) is 2.55. The summed E-state index contributed by atoms with van der Waals surface area (Å²) >= 11 is 0. The number of hydrogen-bond donors (Lipinski definition) is 0. The third kappa shape index (κ3) is 12.1. The van der Waals surface area contributed by atoms with Gasteiger partial charge in [-0.25, -0.2) is 0 Å². The van der Waals surface area contributed by atoms with Crippen LogP contribution < -0.4 is 4.90 Å². The zero-order chi connectivity index (χ0) is 50.4. The average Bonchev–Trinajstić information content (AvgIpc) is 3.83. The van der Waals surface area contributed by atoms with Crippen LogP contribution in [0.1, 0.15) is 138 Å². The second-order valence-corrected chi connectivity index (χ2v) is 16.0. The van der Waals surface area contributed by atoms with Crippen molar-refractivity contribution in [2.75, 3.05) is 4.90 Å². The zero-order valence-electron chi connectivity index (χ0n) is 44.3. The maximum atomic E-state index is 4.51. The fourth-order valence-corrected chi connectivity index (χ4v) is 8.99. The maximum Gasteiger partial charge on any atom is 0.0541 e. The number of hydrogen-bond acceptors (Lipinski definition) is 1. The molecule has 1 heterocycles. The van der Waals surface area contributed by atoms with E-state index in [-0.39, 0.29) is 5.41 Å². The van der Waals surface area contributed by atoms with E-state index in [1.54, 1.807) is 6.08 Å². The lowest BCUT2D eigenvalue weighted by Crippen LogP contribution is -2.15. The van der Waals surface area contributed by atoms with Crippen LogP contribution in [-0.2, 0) is 5.41 Å². The zero-order valence-corrected chi connectivity index (χ0v) is 44.3. The molecule has 0 saturated heterocycles. The smallest absolute Gasteiger partial charge is 0.0541 e. The first-order valence-electron chi connectivity index (χ1n) is 25.3. The van der Waals surface area contributed by atoms with E-state index in [9.17, 15) is 0 Å². The van der Waals surface area contributed by atoms with Crippen molar-refractivity contribution in [3.05, 3.63) is 218 Å². The van der Waals surface area contributed by atoms with Gasteiger partial charge < -0.3 is 9.47 Å². The molecule has 0 N–H and O–H groups in total. The lowest BCUT2D eigenvalue weighted by molar-refractivity contribution is 0.661. The van der Waals surface area contributed by atoms with Gasteiger partial charge in [0.25, 0.3) is 0 Å². The van der Waals surface area contributed by atoms with E-state index in [0.29, 0.717) is 0 Å². The van der Waals surface area contributed by atoms with Crippen molar-refractivity contribution in [2.45, 2.75) is 122 Å². The van der Waals surface area contributed by atoms with Gasteiger partial charge in [0, 0.05) is 39.3 Å². The van der Waals surface area contributed by atoms with Gasteiger partial charge in [0.15, 0.2) is 0 Å². The Labute approximate surface area is 413 Å². The minimum Gasteiger partial charge on any atom is -0.317 e. The molecule has 0 fully saturated rings. The second kappa shape index (κ2) is 27.9. The molecular formula is C66H82N2. The van der Waals surface area contributed by atoms with Crippen LogP contribution in [0.15, 0.2) is 196 Å².